The number of piperazine rings is 1. The summed E-state index contributed by atoms with van der Waals surface area (Å²) in [4.78, 5) is 44.8. The maximum atomic E-state index is 14.8. The van der Waals surface area contributed by atoms with Gasteiger partial charge in [0.15, 0.2) is 0 Å². The van der Waals surface area contributed by atoms with E-state index < -0.39 is 23.9 Å². The fourth-order valence-electron chi connectivity index (χ4n) is 5.04. The predicted molar refractivity (Wildman–Crippen MR) is 137 cm³/mol. The lowest BCUT2D eigenvalue weighted by Gasteiger charge is -2.43. The van der Waals surface area contributed by atoms with E-state index in [0.717, 1.165) is 0 Å². The lowest BCUT2D eigenvalue weighted by Crippen LogP contribution is -2.56. The van der Waals surface area contributed by atoms with Crippen molar-refractivity contribution in [3.8, 4) is 0 Å². The van der Waals surface area contributed by atoms with Crippen LogP contribution in [0.15, 0.2) is 65.9 Å². The zero-order valence-corrected chi connectivity index (χ0v) is 21.4. The molecule has 0 aromatic heterocycles. The van der Waals surface area contributed by atoms with Crippen molar-refractivity contribution in [3.63, 3.8) is 0 Å². The van der Waals surface area contributed by atoms with Gasteiger partial charge in [-0.2, -0.15) is 0 Å². The molecule has 1 N–H and O–H groups in total. The van der Waals surface area contributed by atoms with Crippen LogP contribution in [0, 0.1) is 5.82 Å². The smallest absolute Gasteiger partial charge is 0.338 e. The van der Waals surface area contributed by atoms with Crippen LogP contribution in [0.1, 0.15) is 42.7 Å². The average Bonchev–Trinajstić information content (AvgIpc) is 2.89. The third-order valence-corrected chi connectivity index (χ3v) is 6.83. The van der Waals surface area contributed by atoms with Crippen molar-refractivity contribution in [2.24, 2.45) is 0 Å². The van der Waals surface area contributed by atoms with Crippen molar-refractivity contribution >= 4 is 17.9 Å². The topological polar surface area (TPSA) is 82.2 Å². The molecule has 1 saturated heterocycles. The van der Waals surface area contributed by atoms with Crippen LogP contribution in [0.2, 0.25) is 0 Å². The normalized spacial score (nSPS) is 20.6. The summed E-state index contributed by atoms with van der Waals surface area (Å²) < 4.78 is 20.2. The first-order valence-corrected chi connectivity index (χ1v) is 12.7. The largest absolute Gasteiger partial charge is 0.463 e. The molecule has 0 saturated carbocycles. The summed E-state index contributed by atoms with van der Waals surface area (Å²) in [5, 5.41) is 2.80. The monoisotopic (exact) mass is 508 g/mol. The molecule has 0 unspecified atom stereocenters. The van der Waals surface area contributed by atoms with Crippen LogP contribution in [-0.4, -0.2) is 78.0 Å². The van der Waals surface area contributed by atoms with Gasteiger partial charge in [0.25, 0.3) is 5.91 Å². The number of esters is 1. The number of hydrogen-bond donors (Lipinski definition) is 1. The van der Waals surface area contributed by atoms with Gasteiger partial charge in [-0.25, -0.2) is 14.0 Å². The summed E-state index contributed by atoms with van der Waals surface area (Å²) in [7, 11) is 0. The predicted octanol–water partition coefficient (Wildman–Crippen LogP) is 3.58. The van der Waals surface area contributed by atoms with Crippen molar-refractivity contribution in [3.05, 3.63) is 82.8 Å². The van der Waals surface area contributed by atoms with Gasteiger partial charge in [-0.15, -0.1) is 0 Å². The minimum Gasteiger partial charge on any atom is -0.463 e. The Balaban J connectivity index is 1.64. The average molecular weight is 509 g/mol. The number of likely N-dealkylation sites (N-methyl/N-ethyl adjacent to an activating group) is 1. The summed E-state index contributed by atoms with van der Waals surface area (Å²) in [6, 6.07) is 13.8. The number of halogens is 1. The Morgan fingerprint density at radius 3 is 2.41 bits per heavy atom. The summed E-state index contributed by atoms with van der Waals surface area (Å²) in [6.45, 7) is 7.91. The molecule has 0 spiro atoms. The fraction of sp³-hybridized carbons (Fsp3) is 0.393. The molecule has 3 amide bonds. The fourth-order valence-corrected chi connectivity index (χ4v) is 5.04. The second kappa shape index (κ2) is 11.6. The number of amides is 3. The first-order valence-electron chi connectivity index (χ1n) is 12.7. The Hall–Kier alpha value is -3.72. The van der Waals surface area contributed by atoms with Gasteiger partial charge in [-0.05, 0) is 39.0 Å². The molecule has 4 rings (SSSR count). The van der Waals surface area contributed by atoms with Gasteiger partial charge in [-0.3, -0.25) is 14.6 Å². The molecule has 9 heteroatoms. The van der Waals surface area contributed by atoms with Crippen LogP contribution in [0.5, 0.6) is 0 Å². The highest BCUT2D eigenvalue weighted by Crippen LogP contribution is 2.33. The second-order valence-corrected chi connectivity index (χ2v) is 9.18. The molecule has 1 fully saturated rings. The number of benzene rings is 2. The number of ether oxygens (including phenoxy) is 1. The van der Waals surface area contributed by atoms with E-state index in [1.165, 1.54) is 11.0 Å². The zero-order chi connectivity index (χ0) is 26.5. The van der Waals surface area contributed by atoms with Crippen molar-refractivity contribution in [2.75, 3.05) is 39.3 Å². The van der Waals surface area contributed by atoms with Crippen LogP contribution in [0.25, 0.3) is 0 Å². The Morgan fingerprint density at radius 2 is 1.76 bits per heavy atom. The molecule has 196 valence electrons. The Kier molecular flexibility index (Phi) is 8.23. The number of nitrogens with one attached hydrogen (secondary N) is 1. The van der Waals surface area contributed by atoms with Crippen LogP contribution >= 0.6 is 0 Å². The first kappa shape index (κ1) is 26.3. The minimum atomic E-state index is -0.969. The Bertz CT molecular complexity index is 1190. The van der Waals surface area contributed by atoms with Gasteiger partial charge in [0.1, 0.15) is 5.82 Å². The SMILES string of the molecule is CCOC(=O)C1=C(CN2CCN(C(=O)c3ccccc3)[C@H](C)C2)N(CC)C(=O)N[C@H]1c1ccccc1F. The van der Waals surface area contributed by atoms with E-state index in [1.807, 2.05) is 36.9 Å². The highest BCUT2D eigenvalue weighted by atomic mass is 19.1. The van der Waals surface area contributed by atoms with Gasteiger partial charge in [0.2, 0.25) is 0 Å². The van der Waals surface area contributed by atoms with Crippen molar-refractivity contribution in [1.82, 2.24) is 20.0 Å². The van der Waals surface area contributed by atoms with E-state index in [9.17, 15) is 18.8 Å². The van der Waals surface area contributed by atoms with Gasteiger partial charge in [0, 0.05) is 55.6 Å². The molecule has 0 radical (unpaired) electrons. The summed E-state index contributed by atoms with van der Waals surface area (Å²) in [5.74, 6) is -1.12. The van der Waals surface area contributed by atoms with E-state index in [1.54, 1.807) is 37.3 Å². The number of carbonyl (C=O) groups is 3. The molecule has 2 aliphatic rings. The Labute approximate surface area is 216 Å². The molecule has 2 aliphatic heterocycles. The van der Waals surface area contributed by atoms with Gasteiger partial charge in [0.05, 0.1) is 18.2 Å². The molecule has 0 aliphatic carbocycles. The third kappa shape index (κ3) is 5.51. The summed E-state index contributed by atoms with van der Waals surface area (Å²) in [6.07, 6.45) is 0. The van der Waals surface area contributed by atoms with Gasteiger partial charge >= 0.3 is 12.0 Å². The number of nitrogens with zero attached hydrogens (tertiary/aromatic N) is 3. The number of hydrogen-bond acceptors (Lipinski definition) is 5. The maximum absolute atomic E-state index is 14.8. The third-order valence-electron chi connectivity index (χ3n) is 6.83. The van der Waals surface area contributed by atoms with Crippen molar-refractivity contribution < 1.29 is 23.5 Å². The lowest BCUT2D eigenvalue weighted by atomic mass is 9.93. The van der Waals surface area contributed by atoms with E-state index in [2.05, 4.69) is 10.2 Å². The van der Waals surface area contributed by atoms with Gasteiger partial charge in [-0.1, -0.05) is 36.4 Å². The van der Waals surface area contributed by atoms with Crippen molar-refractivity contribution in [2.45, 2.75) is 32.9 Å². The van der Waals surface area contributed by atoms with Crippen LogP contribution in [0.4, 0.5) is 9.18 Å². The molecule has 37 heavy (non-hydrogen) atoms. The van der Waals surface area contributed by atoms with Crippen molar-refractivity contribution in [1.29, 1.82) is 0 Å². The number of urea groups is 1. The van der Waals surface area contributed by atoms with Gasteiger partial charge < -0.3 is 15.0 Å². The number of carbonyl (C=O) groups excluding carboxylic acids is 3. The quantitative estimate of drug-likeness (QED) is 0.579. The number of rotatable bonds is 7. The molecule has 2 aromatic carbocycles. The standard InChI is InChI=1S/C28H33FN4O4/c1-4-32-23(18-31-15-16-33(19(3)17-31)26(34)20-11-7-6-8-12-20)24(27(35)37-5-2)25(30-28(32)36)21-13-9-10-14-22(21)29/h6-14,19,25H,4-5,15-18H2,1-3H3,(H,30,36)/t19-,25+/m1/s1. The molecule has 8 nitrogen and oxygen atoms in total. The highest BCUT2D eigenvalue weighted by molar-refractivity contribution is 5.95. The van der Waals surface area contributed by atoms with Crippen LogP contribution < -0.4 is 5.32 Å². The molecule has 2 aromatic rings. The lowest BCUT2D eigenvalue weighted by molar-refractivity contribution is -0.139. The van der Waals surface area contributed by atoms with E-state index in [-0.39, 0.29) is 36.2 Å². The zero-order valence-electron chi connectivity index (χ0n) is 21.4. The summed E-state index contributed by atoms with van der Waals surface area (Å²) in [5.41, 5.74) is 1.57. The first-order chi connectivity index (χ1) is 17.8. The van der Waals surface area contributed by atoms with Crippen LogP contribution in [0.3, 0.4) is 0 Å². The molecule has 2 heterocycles. The van der Waals surface area contributed by atoms with E-state index in [4.69, 9.17) is 4.74 Å². The van der Waals surface area contributed by atoms with Crippen LogP contribution in [-0.2, 0) is 9.53 Å². The molecule has 2 atom stereocenters. The minimum absolute atomic E-state index is 0.0222. The highest BCUT2D eigenvalue weighted by Gasteiger charge is 2.40. The summed E-state index contributed by atoms with van der Waals surface area (Å²) >= 11 is 0. The molecular formula is C28H33FN4O4. The van der Waals surface area contributed by atoms with E-state index >= 15 is 0 Å². The van der Waals surface area contributed by atoms with E-state index in [0.29, 0.717) is 37.4 Å². The Morgan fingerprint density at radius 1 is 1.05 bits per heavy atom. The second-order valence-electron chi connectivity index (χ2n) is 9.18. The maximum Gasteiger partial charge on any atom is 0.338 e. The molecule has 0 bridgehead atoms. The molecular weight excluding hydrogens is 475 g/mol.